The van der Waals surface area contributed by atoms with Crippen LogP contribution < -0.4 is 0 Å². The van der Waals surface area contributed by atoms with Crippen LogP contribution in [-0.2, 0) is 0 Å². The lowest BCUT2D eigenvalue weighted by Gasteiger charge is -2.16. The van der Waals surface area contributed by atoms with E-state index in [2.05, 4.69) is 228 Å². The number of allylic oxidation sites excluding steroid dienone is 8. The van der Waals surface area contributed by atoms with Gasteiger partial charge in [-0.25, -0.2) is 0 Å². The summed E-state index contributed by atoms with van der Waals surface area (Å²) in [5.41, 5.74) is 12.9. The molecule has 0 spiro atoms. The molecule has 0 aliphatic rings. The third kappa shape index (κ3) is 33.4. The SMILES string of the molecule is C=C/C=C(\C(=N)C(C)C)C(C)C.C=CN=C(C(=C)C(C)C)C(C)C.C=N/C=C(\C(=C)C(C)C)C(C)C.C=N/C=C(\C(=N)C(C)C)C(C)C.C=N/N=C(\C(=C)C(C)C)C(C)C.CC(C)c1ccncc1C(C)C. The molecule has 0 bridgehead atoms. The lowest BCUT2D eigenvalue weighted by atomic mass is 9.90. The van der Waals surface area contributed by atoms with E-state index in [-0.39, 0.29) is 5.92 Å². The van der Waals surface area contributed by atoms with E-state index in [1.54, 1.807) is 18.5 Å². The van der Waals surface area contributed by atoms with Gasteiger partial charge in [0, 0.05) is 54.8 Å². The van der Waals surface area contributed by atoms with E-state index in [0.717, 1.165) is 45.0 Å². The van der Waals surface area contributed by atoms with E-state index < -0.39 is 0 Å². The summed E-state index contributed by atoms with van der Waals surface area (Å²) < 4.78 is 0. The Morgan fingerprint density at radius 1 is 0.472 bits per heavy atom. The van der Waals surface area contributed by atoms with Crippen LogP contribution in [0.5, 0.6) is 0 Å². The van der Waals surface area contributed by atoms with Crippen LogP contribution in [0.1, 0.15) is 189 Å². The Kier molecular flexibility index (Phi) is 44.5. The predicted molar refractivity (Wildman–Crippen MR) is 332 cm³/mol. The van der Waals surface area contributed by atoms with Crippen LogP contribution in [0.4, 0.5) is 0 Å². The number of aromatic nitrogens is 1. The highest BCUT2D eigenvalue weighted by molar-refractivity contribution is 6.02. The van der Waals surface area contributed by atoms with Crippen molar-refractivity contribution in [2.45, 2.75) is 178 Å². The molecule has 1 aromatic rings. The standard InChI is InChI=1S/C11H17N.3C11H19N.2C10H18N2/c1-8(2)10-5-6-12-7-11(10)9(3)4;1-8(2)10(5)11(7-12-6)9(3)4;1-7-12-11(9(4)5)10(6)8(2)3;1-6-7-10(8(2)3)11(12)9(4)5;1-7(2)9(6-12-5)10(11)8(3)4;1-7(2)9(5)10(8(3)4)12-11-6/h5-9H,1-4H3;7-9H,5-6H2,1-4H3;7-9H,1,6H2,2-5H3;6-9,12H,1H2,2-5H3;6-8,11H,5H2,1-4H3;7-8H,5-6H2,1-4H3/b;11-7-;;10-7-,12-11?;9-6-,11-10?;12-10-. The fourth-order valence-corrected chi connectivity index (χ4v) is 6.39. The monoisotopic (exact) mass is 991 g/mol. The molecule has 0 saturated carbocycles. The molecular weight excluding hydrogens is 881 g/mol. The van der Waals surface area contributed by atoms with E-state index >= 15 is 0 Å². The van der Waals surface area contributed by atoms with Gasteiger partial charge in [0.25, 0.3) is 0 Å². The van der Waals surface area contributed by atoms with E-state index in [1.807, 2.05) is 52.4 Å². The Morgan fingerprint density at radius 2 is 0.847 bits per heavy atom. The van der Waals surface area contributed by atoms with Crippen molar-refractivity contribution < 1.29 is 0 Å². The van der Waals surface area contributed by atoms with E-state index in [1.165, 1.54) is 16.7 Å². The molecule has 0 unspecified atom stereocenters. The minimum atomic E-state index is 0.264. The summed E-state index contributed by atoms with van der Waals surface area (Å²) in [6.45, 7) is 80.2. The van der Waals surface area contributed by atoms with Gasteiger partial charge in [-0.3, -0.25) is 20.0 Å². The topological polar surface area (TPSA) is 122 Å². The van der Waals surface area contributed by atoms with Crippen LogP contribution in [0.2, 0.25) is 0 Å². The molecule has 8 nitrogen and oxygen atoms in total. The highest BCUT2D eigenvalue weighted by Gasteiger charge is 2.15. The van der Waals surface area contributed by atoms with Gasteiger partial charge in [-0.1, -0.05) is 211 Å². The van der Waals surface area contributed by atoms with E-state index in [4.69, 9.17) is 10.8 Å². The number of nitrogens with zero attached hydrogens (tertiary/aromatic N) is 6. The van der Waals surface area contributed by atoms with Crippen molar-refractivity contribution in [1.29, 1.82) is 10.8 Å². The van der Waals surface area contributed by atoms with Crippen molar-refractivity contribution in [1.82, 2.24) is 4.98 Å². The zero-order valence-corrected chi connectivity index (χ0v) is 50.9. The van der Waals surface area contributed by atoms with Crippen LogP contribution in [0.15, 0.2) is 141 Å². The van der Waals surface area contributed by atoms with Crippen molar-refractivity contribution in [3.63, 3.8) is 0 Å². The molecule has 0 saturated heterocycles. The molecule has 2 N–H and O–H groups in total. The van der Waals surface area contributed by atoms with E-state index in [0.29, 0.717) is 70.8 Å². The maximum Gasteiger partial charge on any atom is 0.0684 e. The molecule has 0 radical (unpaired) electrons. The number of hydrogen-bond acceptors (Lipinski definition) is 8. The van der Waals surface area contributed by atoms with Crippen molar-refractivity contribution in [3.8, 4) is 0 Å². The van der Waals surface area contributed by atoms with E-state index in [9.17, 15) is 0 Å². The average molecular weight is 992 g/mol. The van der Waals surface area contributed by atoms with Crippen LogP contribution in [0, 0.1) is 70.0 Å². The van der Waals surface area contributed by atoms with Gasteiger partial charge in [0.1, 0.15) is 0 Å². The van der Waals surface area contributed by atoms with Crippen LogP contribution >= 0.6 is 0 Å². The first kappa shape index (κ1) is 75.7. The molecule has 406 valence electrons. The molecule has 1 rings (SSSR count). The smallest absolute Gasteiger partial charge is 0.0684 e. The fraction of sp³-hybridized carbons (Fsp3) is 0.562. The van der Waals surface area contributed by atoms with Crippen molar-refractivity contribution in [3.05, 3.63) is 127 Å². The maximum atomic E-state index is 7.82. The summed E-state index contributed by atoms with van der Waals surface area (Å²) in [6.07, 6.45) is 12.6. The van der Waals surface area contributed by atoms with Gasteiger partial charge in [0.15, 0.2) is 0 Å². The zero-order valence-electron chi connectivity index (χ0n) is 50.9. The molecule has 0 aliphatic heterocycles. The van der Waals surface area contributed by atoms with Gasteiger partial charge in [0.05, 0.1) is 5.71 Å². The Labute approximate surface area is 446 Å². The molecule has 0 amide bonds. The number of aliphatic imine (C=N–C) groups is 3. The number of rotatable bonds is 22. The third-order valence-corrected chi connectivity index (χ3v) is 11.2. The zero-order chi connectivity index (χ0) is 57.8. The quantitative estimate of drug-likeness (QED) is 0.0671. The maximum absolute atomic E-state index is 7.82. The highest BCUT2D eigenvalue weighted by Crippen LogP contribution is 2.26. The molecule has 0 aromatic carbocycles. The number of pyridine rings is 1. The van der Waals surface area contributed by atoms with Gasteiger partial charge in [-0.05, 0) is 135 Å². The highest BCUT2D eigenvalue weighted by atomic mass is 15.2. The second kappa shape index (κ2) is 42.3. The average Bonchev–Trinajstić information content (AvgIpc) is 3.29. The van der Waals surface area contributed by atoms with Crippen molar-refractivity contribution in [2.75, 3.05) is 0 Å². The number of hydrogen-bond donors (Lipinski definition) is 2. The van der Waals surface area contributed by atoms with Crippen LogP contribution in [0.25, 0.3) is 0 Å². The normalized spacial score (nSPS) is 12.1. The first-order chi connectivity index (χ1) is 33.1. The lowest BCUT2D eigenvalue weighted by molar-refractivity contribution is 0.702. The predicted octanol–water partition coefficient (Wildman–Crippen LogP) is 19.5. The Morgan fingerprint density at radius 3 is 1.12 bits per heavy atom. The largest absolute Gasteiger partial charge is 0.305 e. The summed E-state index contributed by atoms with van der Waals surface area (Å²) >= 11 is 0. The summed E-state index contributed by atoms with van der Waals surface area (Å²) in [7, 11) is 0. The van der Waals surface area contributed by atoms with Gasteiger partial charge >= 0.3 is 0 Å². The van der Waals surface area contributed by atoms with Crippen LogP contribution in [-0.4, -0.2) is 48.0 Å². The molecule has 1 aromatic heterocycles. The molecule has 0 atom stereocenters. The summed E-state index contributed by atoms with van der Waals surface area (Å²) in [5.74, 6) is 5.16. The molecule has 8 heteroatoms. The summed E-state index contributed by atoms with van der Waals surface area (Å²) in [6, 6.07) is 2.12. The minimum absolute atomic E-state index is 0.264. The molecule has 72 heavy (non-hydrogen) atoms. The van der Waals surface area contributed by atoms with Gasteiger partial charge < -0.3 is 10.8 Å². The lowest BCUT2D eigenvalue weighted by Crippen LogP contribution is -2.13. The second-order valence-corrected chi connectivity index (χ2v) is 21.5. The summed E-state index contributed by atoms with van der Waals surface area (Å²) in [4.78, 5) is 15.9. The fourth-order valence-electron chi connectivity index (χ4n) is 6.39. The van der Waals surface area contributed by atoms with Gasteiger partial charge in [-0.2, -0.15) is 10.2 Å². The molecule has 1 heterocycles. The number of nitrogens with one attached hydrogen (secondary N) is 2. The Bertz CT molecular complexity index is 1690. The second-order valence-electron chi connectivity index (χ2n) is 21.5. The molecule has 0 fully saturated rings. The minimum Gasteiger partial charge on any atom is -0.305 e. The molecular formula is C64H110N8. The van der Waals surface area contributed by atoms with Crippen molar-refractivity contribution in [2.24, 2.45) is 84.4 Å². The van der Waals surface area contributed by atoms with Gasteiger partial charge in [-0.15, -0.1) is 0 Å². The first-order valence-corrected chi connectivity index (χ1v) is 26.2. The Balaban J connectivity index is -0.000000249. The third-order valence-electron chi connectivity index (χ3n) is 11.2. The van der Waals surface area contributed by atoms with Crippen LogP contribution in [0.3, 0.4) is 0 Å². The van der Waals surface area contributed by atoms with Crippen molar-refractivity contribution >= 4 is 43.0 Å². The Hall–Kier alpha value is -5.24. The first-order valence-electron chi connectivity index (χ1n) is 26.2. The summed E-state index contributed by atoms with van der Waals surface area (Å²) in [5, 5.41) is 23.1. The molecule has 0 aliphatic carbocycles. The van der Waals surface area contributed by atoms with Gasteiger partial charge in [0.2, 0.25) is 0 Å².